The number of benzene rings is 2. The summed E-state index contributed by atoms with van der Waals surface area (Å²) >= 11 is -0.437. The van der Waals surface area contributed by atoms with E-state index in [0.29, 0.717) is 35.4 Å². The lowest BCUT2D eigenvalue weighted by Crippen LogP contribution is -2.16. The van der Waals surface area contributed by atoms with E-state index < -0.39 is 38.3 Å². The van der Waals surface area contributed by atoms with Crippen molar-refractivity contribution < 1.29 is 31.1 Å². The number of imidazole rings is 1. The van der Waals surface area contributed by atoms with Crippen molar-refractivity contribution in [3.63, 3.8) is 0 Å². The van der Waals surface area contributed by atoms with Crippen LogP contribution in [0, 0.1) is 0 Å². The second-order valence-corrected chi connectivity index (χ2v) is 10.5. The van der Waals surface area contributed by atoms with E-state index in [9.17, 15) is 26.4 Å². The molecule has 0 aliphatic carbocycles. The predicted molar refractivity (Wildman–Crippen MR) is 131 cm³/mol. The van der Waals surface area contributed by atoms with E-state index in [0.717, 1.165) is 6.42 Å². The van der Waals surface area contributed by atoms with Gasteiger partial charge in [0.05, 0.1) is 11.5 Å². The van der Waals surface area contributed by atoms with Gasteiger partial charge in [0.2, 0.25) is 10.0 Å². The Kier molecular flexibility index (Phi) is 8.85. The first-order valence-corrected chi connectivity index (χ1v) is 13.5. The van der Waals surface area contributed by atoms with Crippen molar-refractivity contribution in [2.45, 2.75) is 55.1 Å². The van der Waals surface area contributed by atoms with E-state index in [1.54, 1.807) is 49.4 Å². The van der Waals surface area contributed by atoms with E-state index >= 15 is 0 Å². The quantitative estimate of drug-likeness (QED) is 0.273. The third-order valence-electron chi connectivity index (χ3n) is 5.25. The molecule has 0 saturated heterocycles. The highest BCUT2D eigenvalue weighted by molar-refractivity contribution is 8.00. The summed E-state index contributed by atoms with van der Waals surface area (Å²) in [6, 6.07) is 13.1. The van der Waals surface area contributed by atoms with Gasteiger partial charge < -0.3 is 9.30 Å². The van der Waals surface area contributed by atoms with Gasteiger partial charge in [-0.2, -0.15) is 13.2 Å². The van der Waals surface area contributed by atoms with E-state index in [1.807, 2.05) is 6.92 Å². The zero-order valence-electron chi connectivity index (χ0n) is 19.7. The summed E-state index contributed by atoms with van der Waals surface area (Å²) in [6.45, 7) is 3.60. The molecule has 0 amide bonds. The van der Waals surface area contributed by atoms with Gasteiger partial charge in [0, 0.05) is 30.3 Å². The van der Waals surface area contributed by atoms with Crippen LogP contribution in [0.4, 0.5) is 13.2 Å². The molecule has 0 atom stereocenters. The SMILES string of the molecule is CCCCc1nc(SC(F)(F)F)c(C(=O)OCC)n1Cc1ccc(-c2ccccc2S(N)(=O)=O)cc1. The average molecular weight is 542 g/mol. The highest BCUT2D eigenvalue weighted by Gasteiger charge is 2.35. The predicted octanol–water partition coefficient (Wildman–Crippen LogP) is 5.38. The molecule has 1 heterocycles. The zero-order valence-corrected chi connectivity index (χ0v) is 21.3. The minimum atomic E-state index is -4.62. The Morgan fingerprint density at radius 1 is 1.11 bits per heavy atom. The van der Waals surface area contributed by atoms with Gasteiger partial charge in [0.25, 0.3) is 0 Å². The Labute approximate surface area is 211 Å². The number of sulfonamides is 1. The van der Waals surface area contributed by atoms with Crippen LogP contribution in [0.15, 0.2) is 58.5 Å². The highest BCUT2D eigenvalue weighted by atomic mass is 32.2. The number of primary sulfonamides is 1. The number of nitrogens with zero attached hydrogens (tertiary/aromatic N) is 2. The summed E-state index contributed by atoms with van der Waals surface area (Å²) in [5.74, 6) is -0.520. The molecule has 0 aliphatic rings. The topological polar surface area (TPSA) is 104 Å². The van der Waals surface area contributed by atoms with Crippen molar-refractivity contribution in [1.82, 2.24) is 9.55 Å². The first-order valence-electron chi connectivity index (χ1n) is 11.2. The minimum absolute atomic E-state index is 0.00257. The number of hydrogen-bond acceptors (Lipinski definition) is 6. The maximum atomic E-state index is 13.2. The van der Waals surface area contributed by atoms with Crippen LogP contribution in [-0.4, -0.2) is 36.1 Å². The number of carbonyl (C=O) groups excluding carboxylic acids is 1. The maximum Gasteiger partial charge on any atom is 0.447 e. The Balaban J connectivity index is 2.03. The molecule has 12 heteroatoms. The summed E-state index contributed by atoms with van der Waals surface area (Å²) < 4.78 is 70.1. The van der Waals surface area contributed by atoms with E-state index in [2.05, 4.69) is 4.98 Å². The molecule has 2 N–H and O–H groups in total. The van der Waals surface area contributed by atoms with Crippen LogP contribution in [0.1, 0.15) is 48.6 Å². The number of unbranched alkanes of at least 4 members (excludes halogenated alkanes) is 1. The van der Waals surface area contributed by atoms with Gasteiger partial charge in [-0.1, -0.05) is 55.8 Å². The van der Waals surface area contributed by atoms with Crippen molar-refractivity contribution in [3.05, 3.63) is 65.6 Å². The second kappa shape index (κ2) is 11.5. The molecule has 0 bridgehead atoms. The van der Waals surface area contributed by atoms with Gasteiger partial charge in [-0.25, -0.2) is 23.3 Å². The molecule has 2 aromatic carbocycles. The van der Waals surface area contributed by atoms with Crippen molar-refractivity contribution in [2.24, 2.45) is 5.14 Å². The number of aromatic nitrogens is 2. The number of alkyl halides is 3. The van der Waals surface area contributed by atoms with Crippen molar-refractivity contribution >= 4 is 27.8 Å². The first kappa shape index (κ1) is 27.8. The fourth-order valence-electron chi connectivity index (χ4n) is 3.67. The average Bonchev–Trinajstić information content (AvgIpc) is 3.12. The minimum Gasteiger partial charge on any atom is -0.461 e. The number of halogens is 3. The van der Waals surface area contributed by atoms with E-state index in [4.69, 9.17) is 9.88 Å². The van der Waals surface area contributed by atoms with Crippen LogP contribution in [0.2, 0.25) is 0 Å². The van der Waals surface area contributed by atoms with Gasteiger partial charge in [0.15, 0.2) is 5.69 Å². The Morgan fingerprint density at radius 2 is 1.78 bits per heavy atom. The molecule has 194 valence electrons. The lowest BCUT2D eigenvalue weighted by Gasteiger charge is -2.13. The molecule has 0 aliphatic heterocycles. The first-order chi connectivity index (χ1) is 16.9. The molecule has 0 saturated carbocycles. The summed E-state index contributed by atoms with van der Waals surface area (Å²) in [4.78, 5) is 16.8. The monoisotopic (exact) mass is 541 g/mol. The third kappa shape index (κ3) is 6.89. The molecule has 3 rings (SSSR count). The maximum absolute atomic E-state index is 13.2. The van der Waals surface area contributed by atoms with Gasteiger partial charge in [-0.15, -0.1) is 0 Å². The molecule has 7 nitrogen and oxygen atoms in total. The van der Waals surface area contributed by atoms with Crippen LogP contribution in [0.5, 0.6) is 0 Å². The van der Waals surface area contributed by atoms with Crippen molar-refractivity contribution in [1.29, 1.82) is 0 Å². The summed E-state index contributed by atoms with van der Waals surface area (Å²) in [5, 5.41) is 4.90. The standard InChI is InChI=1S/C24H26F3N3O4S2/c1-3-5-10-20-29-22(35-24(25,26)27)21(23(31)34-4-2)30(20)15-16-11-13-17(14-12-16)18-8-6-7-9-19(18)36(28,32)33/h6-9,11-14H,3-5,10,15H2,1-2H3,(H2,28,32,33). The van der Waals surface area contributed by atoms with Gasteiger partial charge in [-0.3, -0.25) is 0 Å². The molecule has 0 spiro atoms. The Bertz CT molecular complexity index is 1320. The molecular formula is C24H26F3N3O4S2. The number of carbonyl (C=O) groups is 1. The molecular weight excluding hydrogens is 515 g/mol. The zero-order chi connectivity index (χ0) is 26.5. The Morgan fingerprint density at radius 3 is 2.36 bits per heavy atom. The number of esters is 1. The molecule has 3 aromatic rings. The van der Waals surface area contributed by atoms with Crippen LogP contribution >= 0.6 is 11.8 Å². The van der Waals surface area contributed by atoms with Gasteiger partial charge in [0.1, 0.15) is 10.9 Å². The number of nitrogens with two attached hydrogens (primary N) is 1. The van der Waals surface area contributed by atoms with Crippen LogP contribution in [0.3, 0.4) is 0 Å². The number of hydrogen-bond donors (Lipinski definition) is 1. The summed E-state index contributed by atoms with van der Waals surface area (Å²) in [6.07, 6.45) is 1.86. The molecule has 0 radical (unpaired) electrons. The van der Waals surface area contributed by atoms with Crippen molar-refractivity contribution in [2.75, 3.05) is 6.61 Å². The van der Waals surface area contributed by atoms with E-state index in [1.165, 1.54) is 10.6 Å². The lowest BCUT2D eigenvalue weighted by atomic mass is 10.0. The van der Waals surface area contributed by atoms with Crippen LogP contribution < -0.4 is 5.14 Å². The number of rotatable bonds is 10. The number of aryl methyl sites for hydroxylation is 1. The molecule has 0 unspecified atom stereocenters. The van der Waals surface area contributed by atoms with Gasteiger partial charge in [-0.05, 0) is 30.5 Å². The highest BCUT2D eigenvalue weighted by Crippen LogP contribution is 2.39. The second-order valence-electron chi connectivity index (χ2n) is 7.88. The third-order valence-corrected chi connectivity index (χ3v) is 6.93. The lowest BCUT2D eigenvalue weighted by molar-refractivity contribution is -0.0329. The van der Waals surface area contributed by atoms with Crippen molar-refractivity contribution in [3.8, 4) is 11.1 Å². The normalized spacial score (nSPS) is 12.1. The fourth-order valence-corrected chi connectivity index (χ4v) is 5.10. The van der Waals surface area contributed by atoms with Crippen LogP contribution in [-0.2, 0) is 27.7 Å². The number of ether oxygens (including phenoxy) is 1. The fraction of sp³-hybridized carbons (Fsp3) is 0.333. The van der Waals surface area contributed by atoms with Crippen LogP contribution in [0.25, 0.3) is 11.1 Å². The molecule has 0 fully saturated rings. The van der Waals surface area contributed by atoms with E-state index in [-0.39, 0.29) is 23.7 Å². The largest absolute Gasteiger partial charge is 0.461 e. The molecule has 1 aromatic heterocycles. The Hall–Kier alpha value is -2.83. The molecule has 36 heavy (non-hydrogen) atoms. The smallest absolute Gasteiger partial charge is 0.447 e. The summed E-state index contributed by atoms with van der Waals surface area (Å²) in [5.41, 5.74) is -3.17. The van der Waals surface area contributed by atoms with Gasteiger partial charge >= 0.3 is 11.5 Å². The number of thioether (sulfide) groups is 1. The summed E-state index contributed by atoms with van der Waals surface area (Å²) in [7, 11) is -3.95.